The Hall–Kier alpha value is -2.95. The molecule has 122 valence electrons. The van der Waals surface area contributed by atoms with E-state index in [-0.39, 0.29) is 24.2 Å². The summed E-state index contributed by atoms with van der Waals surface area (Å²) in [5, 5.41) is 2.95. The highest BCUT2D eigenvalue weighted by Crippen LogP contribution is 2.15. The predicted octanol–water partition coefficient (Wildman–Crippen LogP) is 3.43. The minimum Gasteiger partial charge on any atom is -0.348 e. The first-order valence-electron chi connectivity index (χ1n) is 7.76. The van der Waals surface area contributed by atoms with Crippen molar-refractivity contribution in [2.45, 2.75) is 19.4 Å². The highest BCUT2D eigenvalue weighted by Gasteiger charge is 2.13. The van der Waals surface area contributed by atoms with E-state index >= 15 is 0 Å². The van der Waals surface area contributed by atoms with Crippen molar-refractivity contribution < 1.29 is 9.18 Å². The SMILES string of the molecule is CC(NC(=O)Cc1cccn1-c1ccc(F)cc1)c1ccccn1. The third-order valence-electron chi connectivity index (χ3n) is 3.79. The second-order valence-electron chi connectivity index (χ2n) is 5.57. The van der Waals surface area contributed by atoms with Gasteiger partial charge in [-0.15, -0.1) is 0 Å². The lowest BCUT2D eigenvalue weighted by Gasteiger charge is -2.14. The fourth-order valence-corrected chi connectivity index (χ4v) is 2.58. The van der Waals surface area contributed by atoms with Gasteiger partial charge < -0.3 is 9.88 Å². The number of amides is 1. The van der Waals surface area contributed by atoms with Gasteiger partial charge in [0.15, 0.2) is 0 Å². The molecule has 1 amide bonds. The van der Waals surface area contributed by atoms with Crippen LogP contribution in [0.15, 0.2) is 67.0 Å². The van der Waals surface area contributed by atoms with E-state index in [0.29, 0.717) is 0 Å². The van der Waals surface area contributed by atoms with Gasteiger partial charge in [0, 0.05) is 23.8 Å². The zero-order valence-corrected chi connectivity index (χ0v) is 13.3. The maximum Gasteiger partial charge on any atom is 0.226 e. The van der Waals surface area contributed by atoms with Gasteiger partial charge in [0.2, 0.25) is 5.91 Å². The van der Waals surface area contributed by atoms with Crippen LogP contribution in [0.5, 0.6) is 0 Å². The Labute approximate surface area is 140 Å². The van der Waals surface area contributed by atoms with E-state index < -0.39 is 0 Å². The molecule has 1 unspecified atom stereocenters. The number of aromatic nitrogens is 2. The smallest absolute Gasteiger partial charge is 0.226 e. The van der Waals surface area contributed by atoms with Gasteiger partial charge in [-0.05, 0) is 55.5 Å². The van der Waals surface area contributed by atoms with E-state index in [2.05, 4.69) is 10.3 Å². The Bertz CT molecular complexity index is 812. The molecule has 0 saturated carbocycles. The van der Waals surface area contributed by atoms with Gasteiger partial charge >= 0.3 is 0 Å². The molecule has 0 aliphatic rings. The normalized spacial score (nSPS) is 11.9. The average molecular weight is 323 g/mol. The number of halogens is 1. The first kappa shape index (κ1) is 15.9. The molecule has 3 aromatic rings. The zero-order valence-electron chi connectivity index (χ0n) is 13.3. The molecule has 0 aliphatic carbocycles. The summed E-state index contributed by atoms with van der Waals surface area (Å²) in [4.78, 5) is 16.6. The zero-order chi connectivity index (χ0) is 16.9. The molecule has 1 aromatic carbocycles. The molecule has 2 aromatic heterocycles. The van der Waals surface area contributed by atoms with Crippen molar-refractivity contribution in [1.82, 2.24) is 14.9 Å². The molecular weight excluding hydrogens is 305 g/mol. The predicted molar refractivity (Wildman–Crippen MR) is 90.2 cm³/mol. The monoisotopic (exact) mass is 323 g/mol. The summed E-state index contributed by atoms with van der Waals surface area (Å²) in [5.74, 6) is -0.371. The number of benzene rings is 1. The molecule has 0 fully saturated rings. The third kappa shape index (κ3) is 3.68. The maximum absolute atomic E-state index is 13.1. The van der Waals surface area contributed by atoms with Crippen molar-refractivity contribution in [2.75, 3.05) is 0 Å². The van der Waals surface area contributed by atoms with Crippen LogP contribution in [-0.4, -0.2) is 15.5 Å². The number of pyridine rings is 1. The number of rotatable bonds is 5. The lowest BCUT2D eigenvalue weighted by atomic mass is 10.2. The average Bonchev–Trinajstić information content (AvgIpc) is 3.04. The Morgan fingerprint density at radius 1 is 1.17 bits per heavy atom. The quantitative estimate of drug-likeness (QED) is 0.782. The standard InChI is InChI=1S/C19H18FN3O/c1-14(18-6-2-3-11-21-18)22-19(24)13-17-5-4-12-23(17)16-9-7-15(20)8-10-16/h2-12,14H,13H2,1H3,(H,22,24). The lowest BCUT2D eigenvalue weighted by Crippen LogP contribution is -2.29. The van der Waals surface area contributed by atoms with E-state index in [4.69, 9.17) is 0 Å². The van der Waals surface area contributed by atoms with Crippen LogP contribution in [-0.2, 0) is 11.2 Å². The highest BCUT2D eigenvalue weighted by molar-refractivity contribution is 5.78. The van der Waals surface area contributed by atoms with Crippen LogP contribution in [0.4, 0.5) is 4.39 Å². The van der Waals surface area contributed by atoms with Crippen molar-refractivity contribution in [3.05, 3.63) is 84.2 Å². The van der Waals surface area contributed by atoms with Gasteiger partial charge in [-0.2, -0.15) is 0 Å². The largest absolute Gasteiger partial charge is 0.348 e. The van der Waals surface area contributed by atoms with Crippen molar-refractivity contribution in [1.29, 1.82) is 0 Å². The second-order valence-corrected chi connectivity index (χ2v) is 5.57. The molecule has 5 heteroatoms. The number of nitrogens with one attached hydrogen (secondary N) is 1. The van der Waals surface area contributed by atoms with Crippen molar-refractivity contribution in [2.24, 2.45) is 0 Å². The topological polar surface area (TPSA) is 46.9 Å². The molecule has 0 aliphatic heterocycles. The van der Waals surface area contributed by atoms with Crippen LogP contribution in [0, 0.1) is 5.82 Å². The van der Waals surface area contributed by atoms with E-state index in [1.54, 1.807) is 18.3 Å². The van der Waals surface area contributed by atoms with Gasteiger partial charge in [0.1, 0.15) is 5.82 Å². The van der Waals surface area contributed by atoms with Crippen molar-refractivity contribution >= 4 is 5.91 Å². The summed E-state index contributed by atoms with van der Waals surface area (Å²) in [7, 11) is 0. The molecule has 1 N–H and O–H groups in total. The van der Waals surface area contributed by atoms with Gasteiger partial charge in [0.25, 0.3) is 0 Å². The molecule has 3 rings (SSSR count). The first-order chi connectivity index (χ1) is 11.6. The second kappa shape index (κ2) is 7.08. The summed E-state index contributed by atoms with van der Waals surface area (Å²) in [6, 6.07) is 15.4. The molecule has 0 spiro atoms. The number of hydrogen-bond donors (Lipinski definition) is 1. The fraction of sp³-hybridized carbons (Fsp3) is 0.158. The van der Waals surface area contributed by atoms with Crippen molar-refractivity contribution in [3.63, 3.8) is 0 Å². The van der Waals surface area contributed by atoms with E-state index in [1.165, 1.54) is 12.1 Å². The summed E-state index contributed by atoms with van der Waals surface area (Å²) in [6.45, 7) is 1.90. The van der Waals surface area contributed by atoms with E-state index in [0.717, 1.165) is 17.1 Å². The first-order valence-corrected chi connectivity index (χ1v) is 7.76. The Balaban J connectivity index is 1.69. The lowest BCUT2D eigenvalue weighted by molar-refractivity contribution is -0.121. The summed E-state index contributed by atoms with van der Waals surface area (Å²) < 4.78 is 14.9. The minimum absolute atomic E-state index is 0.0878. The number of hydrogen-bond acceptors (Lipinski definition) is 2. The summed E-state index contributed by atoms with van der Waals surface area (Å²) in [5.41, 5.74) is 2.48. The van der Waals surface area contributed by atoms with Crippen LogP contribution >= 0.6 is 0 Å². The molecule has 4 nitrogen and oxygen atoms in total. The van der Waals surface area contributed by atoms with Gasteiger partial charge in [-0.1, -0.05) is 6.07 Å². The Morgan fingerprint density at radius 3 is 2.67 bits per heavy atom. The molecule has 1 atom stereocenters. The molecular formula is C19H18FN3O. The minimum atomic E-state index is -0.283. The molecule has 24 heavy (non-hydrogen) atoms. The highest BCUT2D eigenvalue weighted by atomic mass is 19.1. The molecule has 0 bridgehead atoms. The van der Waals surface area contributed by atoms with Gasteiger partial charge in [-0.25, -0.2) is 4.39 Å². The summed E-state index contributed by atoms with van der Waals surface area (Å²) in [6.07, 6.45) is 3.80. The van der Waals surface area contributed by atoms with Crippen LogP contribution in [0.25, 0.3) is 5.69 Å². The fourth-order valence-electron chi connectivity index (χ4n) is 2.58. The summed E-state index contributed by atoms with van der Waals surface area (Å²) >= 11 is 0. The van der Waals surface area contributed by atoms with Crippen LogP contribution < -0.4 is 5.32 Å². The van der Waals surface area contributed by atoms with Crippen LogP contribution in [0.3, 0.4) is 0 Å². The molecule has 0 radical (unpaired) electrons. The van der Waals surface area contributed by atoms with Crippen molar-refractivity contribution in [3.8, 4) is 5.69 Å². The molecule has 2 heterocycles. The molecule has 0 saturated heterocycles. The Kier molecular flexibility index (Phi) is 4.70. The van der Waals surface area contributed by atoms with E-state index in [9.17, 15) is 9.18 Å². The van der Waals surface area contributed by atoms with E-state index in [1.807, 2.05) is 48.0 Å². The van der Waals surface area contributed by atoms with Gasteiger partial charge in [-0.3, -0.25) is 9.78 Å². The third-order valence-corrected chi connectivity index (χ3v) is 3.79. The van der Waals surface area contributed by atoms with Crippen LogP contribution in [0.1, 0.15) is 24.4 Å². The Morgan fingerprint density at radius 2 is 1.96 bits per heavy atom. The number of carbonyl (C=O) groups is 1. The van der Waals surface area contributed by atoms with Crippen LogP contribution in [0.2, 0.25) is 0 Å². The number of nitrogens with zero attached hydrogens (tertiary/aromatic N) is 2. The number of carbonyl (C=O) groups excluding carboxylic acids is 1. The van der Waals surface area contributed by atoms with Gasteiger partial charge in [0.05, 0.1) is 18.2 Å². The maximum atomic E-state index is 13.1.